The van der Waals surface area contributed by atoms with E-state index in [9.17, 15) is 4.79 Å². The molecule has 0 aromatic heterocycles. The minimum atomic E-state index is 0.303. The van der Waals surface area contributed by atoms with Gasteiger partial charge in [0.15, 0.2) is 0 Å². The van der Waals surface area contributed by atoms with Crippen LogP contribution in [0.5, 0.6) is 0 Å². The Morgan fingerprint density at radius 2 is 1.86 bits per heavy atom. The van der Waals surface area contributed by atoms with Gasteiger partial charge in [-0.25, -0.2) is 0 Å². The highest BCUT2D eigenvalue weighted by molar-refractivity contribution is 9.09. The second kappa shape index (κ2) is 4.62. The monoisotopic (exact) mass is 260 g/mol. The van der Waals surface area contributed by atoms with Crippen molar-refractivity contribution in [2.24, 2.45) is 0 Å². The molecule has 0 radical (unpaired) electrons. The topological polar surface area (TPSA) is 23.6 Å². The minimum Gasteiger partial charge on any atom is -0.340 e. The lowest BCUT2D eigenvalue weighted by molar-refractivity contribution is -0.132. The molecule has 4 heteroatoms. The highest BCUT2D eigenvalue weighted by Gasteiger charge is 2.31. The Hall–Kier alpha value is -0.0900. The second-order valence-corrected chi connectivity index (χ2v) is 4.88. The van der Waals surface area contributed by atoms with Crippen molar-refractivity contribution in [3.05, 3.63) is 0 Å². The second-order valence-electron chi connectivity index (χ2n) is 4.09. The summed E-state index contributed by atoms with van der Waals surface area (Å²) in [4.78, 5) is 16.1. The largest absolute Gasteiger partial charge is 0.340 e. The molecule has 1 aliphatic heterocycles. The number of alkyl halides is 1. The number of hydrogen-bond donors (Lipinski definition) is 0. The van der Waals surface area contributed by atoms with Crippen LogP contribution in [0.3, 0.4) is 0 Å². The average Bonchev–Trinajstić information content (AvgIpc) is 3.02. The third-order valence-corrected chi connectivity index (χ3v) is 3.44. The molecule has 80 valence electrons. The molecule has 2 rings (SSSR count). The highest BCUT2D eigenvalue weighted by atomic mass is 79.9. The highest BCUT2D eigenvalue weighted by Crippen LogP contribution is 2.27. The summed E-state index contributed by atoms with van der Waals surface area (Å²) in [5.74, 6) is 0.303. The lowest BCUT2D eigenvalue weighted by Crippen LogP contribution is -2.49. The molecule has 1 amide bonds. The molecule has 1 aliphatic carbocycles. The van der Waals surface area contributed by atoms with E-state index in [-0.39, 0.29) is 0 Å². The molecule has 0 N–H and O–H groups in total. The predicted octanol–water partition coefficient (Wildman–Crippen LogP) is 1.08. The van der Waals surface area contributed by atoms with Crippen LogP contribution in [0.15, 0.2) is 0 Å². The van der Waals surface area contributed by atoms with Gasteiger partial charge in [0, 0.05) is 44.0 Å². The molecule has 1 saturated carbocycles. The molecular formula is C10H17BrN2O. The van der Waals surface area contributed by atoms with Crippen molar-refractivity contribution in [3.8, 4) is 0 Å². The summed E-state index contributed by atoms with van der Waals surface area (Å²) in [5, 5.41) is 0.786. The number of carbonyl (C=O) groups excluding carboxylic acids is 1. The van der Waals surface area contributed by atoms with E-state index in [1.165, 1.54) is 12.8 Å². The lowest BCUT2D eigenvalue weighted by Gasteiger charge is -2.34. The molecule has 14 heavy (non-hydrogen) atoms. The van der Waals surface area contributed by atoms with Gasteiger partial charge in [-0.2, -0.15) is 0 Å². The van der Waals surface area contributed by atoms with Crippen LogP contribution in [0.1, 0.15) is 19.3 Å². The van der Waals surface area contributed by atoms with Gasteiger partial charge in [-0.05, 0) is 12.8 Å². The molecule has 3 nitrogen and oxygen atoms in total. The van der Waals surface area contributed by atoms with Crippen LogP contribution in [-0.2, 0) is 4.79 Å². The van der Waals surface area contributed by atoms with E-state index < -0.39 is 0 Å². The maximum absolute atomic E-state index is 11.6. The quantitative estimate of drug-likeness (QED) is 0.710. The summed E-state index contributed by atoms with van der Waals surface area (Å²) >= 11 is 3.30. The first-order valence-corrected chi connectivity index (χ1v) is 6.51. The molecule has 0 aromatic rings. The van der Waals surface area contributed by atoms with Gasteiger partial charge in [-0.1, -0.05) is 15.9 Å². The van der Waals surface area contributed by atoms with Crippen LogP contribution in [-0.4, -0.2) is 53.3 Å². The number of piperazine rings is 1. The Bertz CT molecular complexity index is 210. The molecule has 1 saturated heterocycles. The van der Waals surface area contributed by atoms with Crippen LogP contribution in [0, 0.1) is 0 Å². The van der Waals surface area contributed by atoms with E-state index in [0.717, 1.165) is 37.6 Å². The minimum absolute atomic E-state index is 0.303. The number of rotatable bonds is 3. The van der Waals surface area contributed by atoms with Crippen molar-refractivity contribution in [1.82, 2.24) is 9.80 Å². The fourth-order valence-electron chi connectivity index (χ4n) is 2.02. The molecule has 0 aromatic carbocycles. The van der Waals surface area contributed by atoms with E-state index in [2.05, 4.69) is 20.8 Å². The Balaban J connectivity index is 1.74. The summed E-state index contributed by atoms with van der Waals surface area (Å²) in [6.45, 7) is 4.03. The maximum Gasteiger partial charge on any atom is 0.223 e. The van der Waals surface area contributed by atoms with Crippen LogP contribution in [0.4, 0.5) is 0 Å². The smallest absolute Gasteiger partial charge is 0.223 e. The Labute approximate surface area is 93.6 Å². The first-order chi connectivity index (χ1) is 6.81. The zero-order valence-electron chi connectivity index (χ0n) is 8.41. The van der Waals surface area contributed by atoms with Crippen molar-refractivity contribution in [3.63, 3.8) is 0 Å². The third kappa shape index (κ3) is 2.48. The van der Waals surface area contributed by atoms with E-state index in [1.54, 1.807) is 0 Å². The number of hydrogen-bond acceptors (Lipinski definition) is 2. The predicted molar refractivity (Wildman–Crippen MR) is 59.6 cm³/mol. The zero-order valence-corrected chi connectivity index (χ0v) is 10.0. The molecule has 2 fully saturated rings. The van der Waals surface area contributed by atoms with E-state index in [0.29, 0.717) is 12.3 Å². The van der Waals surface area contributed by atoms with Gasteiger partial charge in [-0.15, -0.1) is 0 Å². The van der Waals surface area contributed by atoms with E-state index in [4.69, 9.17) is 0 Å². The Morgan fingerprint density at radius 1 is 1.21 bits per heavy atom. The molecule has 1 heterocycles. The Morgan fingerprint density at radius 3 is 2.36 bits per heavy atom. The normalized spacial score (nSPS) is 23.9. The summed E-state index contributed by atoms with van der Waals surface area (Å²) < 4.78 is 0. The zero-order chi connectivity index (χ0) is 9.97. The van der Waals surface area contributed by atoms with Gasteiger partial charge in [0.1, 0.15) is 0 Å². The van der Waals surface area contributed by atoms with Crippen molar-refractivity contribution < 1.29 is 4.79 Å². The first-order valence-electron chi connectivity index (χ1n) is 5.39. The number of nitrogens with zero attached hydrogens (tertiary/aromatic N) is 2. The van der Waals surface area contributed by atoms with Gasteiger partial charge in [0.05, 0.1) is 0 Å². The van der Waals surface area contributed by atoms with Crippen molar-refractivity contribution >= 4 is 21.8 Å². The summed E-state index contributed by atoms with van der Waals surface area (Å²) in [7, 11) is 0. The molecular weight excluding hydrogens is 244 g/mol. The van der Waals surface area contributed by atoms with Gasteiger partial charge >= 0.3 is 0 Å². The number of halogens is 1. The molecule has 0 unspecified atom stereocenters. The molecule has 0 bridgehead atoms. The summed E-state index contributed by atoms with van der Waals surface area (Å²) in [6, 6.07) is 0.850. The van der Waals surface area contributed by atoms with Crippen LogP contribution in [0.2, 0.25) is 0 Å². The fraction of sp³-hybridized carbons (Fsp3) is 0.900. The van der Waals surface area contributed by atoms with Crippen LogP contribution in [0.25, 0.3) is 0 Å². The maximum atomic E-state index is 11.6. The van der Waals surface area contributed by atoms with Crippen molar-refractivity contribution in [1.29, 1.82) is 0 Å². The van der Waals surface area contributed by atoms with Crippen LogP contribution < -0.4 is 0 Å². The first kappa shape index (κ1) is 10.4. The van der Waals surface area contributed by atoms with Crippen molar-refractivity contribution in [2.75, 3.05) is 31.5 Å². The fourth-order valence-corrected chi connectivity index (χ4v) is 2.35. The van der Waals surface area contributed by atoms with Crippen LogP contribution >= 0.6 is 15.9 Å². The summed E-state index contributed by atoms with van der Waals surface area (Å²) in [5.41, 5.74) is 0. The van der Waals surface area contributed by atoms with Gasteiger partial charge < -0.3 is 4.90 Å². The number of amides is 1. The Kier molecular flexibility index (Phi) is 3.44. The van der Waals surface area contributed by atoms with Crippen molar-refractivity contribution in [2.45, 2.75) is 25.3 Å². The SMILES string of the molecule is O=C(CCBr)N1CCN(C2CC2)CC1. The van der Waals surface area contributed by atoms with Gasteiger partial charge in [0.25, 0.3) is 0 Å². The third-order valence-electron chi connectivity index (χ3n) is 3.04. The standard InChI is InChI=1S/C10H17BrN2O/c11-4-3-10(14)13-7-5-12(6-8-13)9-1-2-9/h9H,1-8H2. The molecule has 0 spiro atoms. The van der Waals surface area contributed by atoms with E-state index in [1.807, 2.05) is 4.90 Å². The summed E-state index contributed by atoms with van der Waals surface area (Å²) in [6.07, 6.45) is 3.38. The van der Waals surface area contributed by atoms with Gasteiger partial charge in [-0.3, -0.25) is 9.69 Å². The molecule has 2 aliphatic rings. The molecule has 0 atom stereocenters. The van der Waals surface area contributed by atoms with E-state index >= 15 is 0 Å². The lowest BCUT2D eigenvalue weighted by atomic mass is 10.3. The average molecular weight is 261 g/mol. The van der Waals surface area contributed by atoms with Gasteiger partial charge in [0.2, 0.25) is 5.91 Å². The number of carbonyl (C=O) groups is 1.